The van der Waals surface area contributed by atoms with Gasteiger partial charge in [0.05, 0.1) is 0 Å². The summed E-state index contributed by atoms with van der Waals surface area (Å²) in [7, 11) is 1.67. The molecule has 15 nitrogen and oxygen atoms in total. The number of carboxylic acid groups (broad SMARTS) is 1. The van der Waals surface area contributed by atoms with Crippen molar-refractivity contribution in [3.63, 3.8) is 0 Å². The summed E-state index contributed by atoms with van der Waals surface area (Å²) in [4.78, 5) is 38.9. The number of amides is 2. The van der Waals surface area contributed by atoms with E-state index in [1.807, 2.05) is 0 Å². The number of aliphatic carboxylic acids is 1. The number of aromatic nitrogens is 8. The van der Waals surface area contributed by atoms with Gasteiger partial charge in [0.1, 0.15) is 23.9 Å². The number of fused-ring (bicyclic) bond motifs is 1. The maximum Gasteiger partial charge on any atom is 0.352 e. The highest BCUT2D eigenvalue weighted by Crippen LogP contribution is 2.47. The average molecular weight is 483 g/mol. The molecule has 0 aliphatic carbocycles. The Morgan fingerprint density at radius 3 is 2.84 bits per heavy atom. The van der Waals surface area contributed by atoms with Gasteiger partial charge < -0.3 is 15.2 Å². The number of β-lactam (4-membered cyclic amide) rings is 1. The molecule has 0 aromatic carbocycles. The molecule has 0 spiro atoms. The lowest BCUT2D eigenvalue weighted by molar-refractivity contribution is -0.197. The van der Waals surface area contributed by atoms with Gasteiger partial charge in [-0.3, -0.25) is 14.5 Å². The van der Waals surface area contributed by atoms with E-state index in [-0.39, 0.29) is 24.6 Å². The fourth-order valence-corrected chi connectivity index (χ4v) is 5.75. The second-order valence-corrected chi connectivity index (χ2v) is 8.70. The topological polar surface area (TPSA) is 183 Å². The van der Waals surface area contributed by atoms with Gasteiger partial charge in [0.2, 0.25) is 11.1 Å². The summed E-state index contributed by atoms with van der Waals surface area (Å²) >= 11 is 2.57. The average Bonchev–Trinajstić information content (AvgIpc) is 3.42. The number of aryl methyl sites for hydroxylation is 1. The molecule has 0 bridgehead atoms. The van der Waals surface area contributed by atoms with E-state index in [2.05, 4.69) is 36.4 Å². The van der Waals surface area contributed by atoms with Crippen LogP contribution in [0.15, 0.2) is 22.8 Å². The molecule has 2 atom stereocenters. The molecule has 4 heterocycles. The Balaban J connectivity index is 1.55. The zero-order valence-electron chi connectivity index (χ0n) is 16.9. The van der Waals surface area contributed by atoms with Crippen molar-refractivity contribution in [3.8, 4) is 0 Å². The number of rotatable bonds is 9. The number of thioether (sulfide) groups is 2. The van der Waals surface area contributed by atoms with Crippen LogP contribution in [0.1, 0.15) is 6.92 Å². The molecule has 2 N–H and O–H groups in total. The number of carbonyl (C=O) groups is 3. The summed E-state index contributed by atoms with van der Waals surface area (Å²) in [5.41, 5.74) is -1.24. The summed E-state index contributed by atoms with van der Waals surface area (Å²) in [5, 5.41) is 33.9. The third-order valence-electron chi connectivity index (χ3n) is 4.66. The summed E-state index contributed by atoms with van der Waals surface area (Å²) in [5.74, 6) is -1.82. The molecule has 2 amide bonds. The van der Waals surface area contributed by atoms with Gasteiger partial charge in [0, 0.05) is 25.2 Å². The highest BCUT2D eigenvalue weighted by molar-refractivity contribution is 8.01. The molecule has 0 saturated carbocycles. The first-order valence-electron chi connectivity index (χ1n) is 9.28. The van der Waals surface area contributed by atoms with Crippen LogP contribution in [0.25, 0.3) is 0 Å². The molecular formula is C15H18N10O5S2. The molecule has 2 aromatic rings. The fraction of sp³-hybridized carbons (Fsp3) is 0.533. The second kappa shape index (κ2) is 8.83. The predicted octanol–water partition coefficient (Wildman–Crippen LogP) is -1.91. The van der Waals surface area contributed by atoms with Crippen molar-refractivity contribution in [1.82, 2.24) is 50.6 Å². The predicted molar refractivity (Wildman–Crippen MR) is 108 cm³/mol. The molecule has 17 heteroatoms. The monoisotopic (exact) mass is 482 g/mol. The van der Waals surface area contributed by atoms with Crippen molar-refractivity contribution in [2.45, 2.75) is 29.7 Å². The molecule has 2 aliphatic heterocycles. The number of ether oxygens (including phenoxy) is 1. The van der Waals surface area contributed by atoms with Crippen LogP contribution >= 0.6 is 23.5 Å². The van der Waals surface area contributed by atoms with Gasteiger partial charge in [-0.1, -0.05) is 11.8 Å². The number of carbonyl (C=O) groups excluding carboxylic acids is 2. The first kappa shape index (κ1) is 22.2. The summed E-state index contributed by atoms with van der Waals surface area (Å²) < 4.78 is 8.35. The zero-order valence-corrected chi connectivity index (χ0v) is 18.5. The third kappa shape index (κ3) is 3.82. The van der Waals surface area contributed by atoms with Gasteiger partial charge in [0.25, 0.3) is 11.6 Å². The highest BCUT2D eigenvalue weighted by Gasteiger charge is 2.66. The first-order chi connectivity index (χ1) is 15.4. The van der Waals surface area contributed by atoms with Crippen molar-refractivity contribution in [2.24, 2.45) is 7.05 Å². The largest absolute Gasteiger partial charge is 0.477 e. The SMILES string of the molecule is CCO[C@@]1(NC(=O)Cn2cnnn2)C(=O)N2C(C(=O)O)=C(CSc3nnnn3C)CSC21. The fourth-order valence-electron chi connectivity index (χ4n) is 3.35. The minimum absolute atomic E-state index is 0.119. The molecule has 2 aliphatic rings. The summed E-state index contributed by atoms with van der Waals surface area (Å²) in [6.45, 7) is 1.60. The summed E-state index contributed by atoms with van der Waals surface area (Å²) in [6, 6.07) is 0. The second-order valence-electron chi connectivity index (χ2n) is 6.69. The van der Waals surface area contributed by atoms with Crippen molar-refractivity contribution >= 4 is 41.3 Å². The molecule has 170 valence electrons. The van der Waals surface area contributed by atoms with Crippen LogP contribution < -0.4 is 5.32 Å². The number of nitrogens with one attached hydrogen (secondary N) is 1. The van der Waals surface area contributed by atoms with Gasteiger partial charge in [0.15, 0.2) is 0 Å². The highest BCUT2D eigenvalue weighted by atomic mass is 32.2. The molecule has 32 heavy (non-hydrogen) atoms. The van der Waals surface area contributed by atoms with E-state index in [0.717, 1.165) is 4.90 Å². The number of hydrogen-bond acceptors (Lipinski definition) is 12. The Hall–Kier alpha value is -3.05. The normalized spacial score (nSPS) is 22.5. The summed E-state index contributed by atoms with van der Waals surface area (Å²) in [6.07, 6.45) is 1.26. The van der Waals surface area contributed by atoms with E-state index >= 15 is 0 Å². The third-order valence-corrected chi connectivity index (χ3v) is 7.13. The number of hydrogen-bond donors (Lipinski definition) is 2. The maximum atomic E-state index is 13.2. The minimum Gasteiger partial charge on any atom is -0.477 e. The van der Waals surface area contributed by atoms with Gasteiger partial charge in [-0.15, -0.1) is 22.0 Å². The van der Waals surface area contributed by atoms with E-state index < -0.39 is 28.9 Å². The molecule has 0 radical (unpaired) electrons. The van der Waals surface area contributed by atoms with E-state index in [0.29, 0.717) is 16.5 Å². The van der Waals surface area contributed by atoms with E-state index in [9.17, 15) is 19.5 Å². The van der Waals surface area contributed by atoms with Crippen LogP contribution in [0.2, 0.25) is 0 Å². The van der Waals surface area contributed by atoms with Gasteiger partial charge in [-0.2, -0.15) is 0 Å². The van der Waals surface area contributed by atoms with Crippen molar-refractivity contribution in [3.05, 3.63) is 17.6 Å². The van der Waals surface area contributed by atoms with Crippen molar-refractivity contribution < 1.29 is 24.2 Å². The van der Waals surface area contributed by atoms with Gasteiger partial charge in [-0.25, -0.2) is 14.2 Å². The Morgan fingerprint density at radius 1 is 1.41 bits per heavy atom. The standard InChI is InChI=1S/C15H18N10O5S2/c1-3-30-15(17-9(26)4-24-7-16-19-22-24)12(29)25-10(11(27)28)8(5-31-13(15)25)6-32-14-18-20-21-23(14)2/h7,13H,3-6H2,1-2H3,(H,17,26)(H,27,28)/t13?,15-/m0/s1. The molecule has 4 rings (SSSR count). The van der Waals surface area contributed by atoms with Crippen LogP contribution in [0, 0.1) is 0 Å². The quantitative estimate of drug-likeness (QED) is 0.229. The minimum atomic E-state index is -1.67. The zero-order chi connectivity index (χ0) is 22.9. The van der Waals surface area contributed by atoms with E-state index in [1.165, 1.54) is 39.2 Å². The molecule has 1 fully saturated rings. The lowest BCUT2D eigenvalue weighted by Crippen LogP contribution is -2.81. The molecule has 2 aromatic heterocycles. The van der Waals surface area contributed by atoms with Crippen molar-refractivity contribution in [1.29, 1.82) is 0 Å². The Labute approximate surface area is 188 Å². The molecule has 1 saturated heterocycles. The smallest absolute Gasteiger partial charge is 0.352 e. The van der Waals surface area contributed by atoms with Crippen LogP contribution in [0.3, 0.4) is 0 Å². The van der Waals surface area contributed by atoms with Gasteiger partial charge in [-0.05, 0) is 33.4 Å². The lowest BCUT2D eigenvalue weighted by Gasteiger charge is -2.56. The maximum absolute atomic E-state index is 13.2. The van der Waals surface area contributed by atoms with Crippen LogP contribution in [0.5, 0.6) is 0 Å². The number of nitrogens with zero attached hydrogens (tertiary/aromatic N) is 9. The van der Waals surface area contributed by atoms with Crippen LogP contribution in [0.4, 0.5) is 0 Å². The molecule has 1 unspecified atom stereocenters. The van der Waals surface area contributed by atoms with Crippen molar-refractivity contribution in [2.75, 3.05) is 18.1 Å². The van der Waals surface area contributed by atoms with E-state index in [4.69, 9.17) is 4.74 Å². The Bertz CT molecular complexity index is 1070. The number of carboxylic acids is 1. The van der Waals surface area contributed by atoms with Gasteiger partial charge >= 0.3 is 5.97 Å². The Kier molecular flexibility index (Phi) is 6.11. The van der Waals surface area contributed by atoms with Crippen LogP contribution in [-0.2, 0) is 32.7 Å². The van der Waals surface area contributed by atoms with E-state index in [1.54, 1.807) is 14.0 Å². The number of tetrazole rings is 2. The lowest BCUT2D eigenvalue weighted by atomic mass is 9.98. The molecular weight excluding hydrogens is 464 g/mol. The van der Waals surface area contributed by atoms with Crippen LogP contribution in [-0.4, -0.2) is 97.4 Å². The Morgan fingerprint density at radius 2 is 2.22 bits per heavy atom. The first-order valence-corrected chi connectivity index (χ1v) is 11.3.